The predicted octanol–water partition coefficient (Wildman–Crippen LogP) is 0.444. The lowest BCUT2D eigenvalue weighted by Crippen LogP contribution is -2.67. The Hall–Kier alpha value is -0.120. The molecule has 0 radical (unpaired) electrons. The zero-order chi connectivity index (χ0) is 9.41. The van der Waals surface area contributed by atoms with Crippen LogP contribution in [0.5, 0.6) is 0 Å². The van der Waals surface area contributed by atoms with E-state index in [9.17, 15) is 0 Å². The van der Waals surface area contributed by atoms with E-state index >= 15 is 0 Å². The number of hydrogen-bond acceptors (Lipinski definition) is 3. The van der Waals surface area contributed by atoms with Gasteiger partial charge in [-0.2, -0.15) is 0 Å². The van der Waals surface area contributed by atoms with Crippen LogP contribution in [0, 0.1) is 0 Å². The van der Waals surface area contributed by atoms with Gasteiger partial charge in [-0.1, -0.05) is 0 Å². The van der Waals surface area contributed by atoms with Gasteiger partial charge in [0.15, 0.2) is 0 Å². The van der Waals surface area contributed by atoms with Crippen LogP contribution in [0.3, 0.4) is 0 Å². The lowest BCUT2D eigenvalue weighted by Gasteiger charge is -2.50. The maximum absolute atomic E-state index is 5.91. The highest BCUT2D eigenvalue weighted by molar-refractivity contribution is 4.98. The third kappa shape index (κ3) is 2.19. The zero-order valence-electron chi connectivity index (χ0n) is 8.55. The van der Waals surface area contributed by atoms with Crippen LogP contribution in [-0.4, -0.2) is 42.8 Å². The minimum absolute atomic E-state index is 0.0764. The Bertz CT molecular complexity index is 156. The number of ether oxygens (including phenoxy) is 1. The van der Waals surface area contributed by atoms with Crippen molar-refractivity contribution in [2.45, 2.75) is 32.0 Å². The molecule has 1 fully saturated rings. The van der Waals surface area contributed by atoms with Crippen molar-refractivity contribution in [2.24, 2.45) is 5.73 Å². The smallest absolute Gasteiger partial charge is 0.106 e. The molecular weight excluding hydrogens is 152 g/mol. The summed E-state index contributed by atoms with van der Waals surface area (Å²) in [5.41, 5.74) is 5.53. The molecule has 0 aliphatic carbocycles. The molecule has 0 aromatic rings. The summed E-state index contributed by atoms with van der Waals surface area (Å²) in [7, 11) is 2.08. The normalized spacial score (nSPS) is 23.8. The average molecular weight is 172 g/mol. The molecule has 1 aliphatic rings. The van der Waals surface area contributed by atoms with Crippen molar-refractivity contribution in [1.82, 2.24) is 4.90 Å². The molecule has 0 amide bonds. The first-order valence-corrected chi connectivity index (χ1v) is 4.46. The lowest BCUT2D eigenvalue weighted by molar-refractivity contribution is -0.188. The van der Waals surface area contributed by atoms with Crippen LogP contribution in [0.1, 0.15) is 20.8 Å². The fourth-order valence-electron chi connectivity index (χ4n) is 1.82. The Morgan fingerprint density at radius 1 is 1.42 bits per heavy atom. The molecule has 0 aromatic carbocycles. The van der Waals surface area contributed by atoms with Gasteiger partial charge in [0.05, 0.1) is 5.60 Å². The monoisotopic (exact) mass is 172 g/mol. The zero-order valence-corrected chi connectivity index (χ0v) is 8.55. The molecule has 1 heterocycles. The quantitative estimate of drug-likeness (QED) is 0.657. The Morgan fingerprint density at radius 3 is 2.17 bits per heavy atom. The second-order valence-electron chi connectivity index (χ2n) is 4.77. The largest absolute Gasteiger partial charge is 0.365 e. The van der Waals surface area contributed by atoms with E-state index in [1.807, 2.05) is 0 Å². The first-order chi connectivity index (χ1) is 5.37. The summed E-state index contributed by atoms with van der Waals surface area (Å²) in [5.74, 6) is 0. The van der Waals surface area contributed by atoms with Gasteiger partial charge in [-0.15, -0.1) is 0 Å². The predicted molar refractivity (Wildman–Crippen MR) is 50.1 cm³/mol. The topological polar surface area (TPSA) is 38.5 Å². The van der Waals surface area contributed by atoms with Gasteiger partial charge in [0.25, 0.3) is 0 Å². The molecule has 1 saturated heterocycles. The van der Waals surface area contributed by atoms with Crippen LogP contribution in [0.4, 0.5) is 0 Å². The van der Waals surface area contributed by atoms with Crippen LogP contribution < -0.4 is 5.73 Å². The lowest BCUT2D eigenvalue weighted by atomic mass is 9.93. The van der Waals surface area contributed by atoms with E-state index in [2.05, 4.69) is 32.7 Å². The van der Waals surface area contributed by atoms with Gasteiger partial charge in [-0.05, 0) is 27.8 Å². The fourth-order valence-corrected chi connectivity index (χ4v) is 1.82. The van der Waals surface area contributed by atoms with Crippen LogP contribution in [0.15, 0.2) is 0 Å². The van der Waals surface area contributed by atoms with Crippen LogP contribution in [-0.2, 0) is 4.74 Å². The molecule has 0 bridgehead atoms. The summed E-state index contributed by atoms with van der Waals surface area (Å²) in [6.45, 7) is 8.75. The van der Waals surface area contributed by atoms with Gasteiger partial charge in [0.1, 0.15) is 5.60 Å². The van der Waals surface area contributed by atoms with E-state index in [1.54, 1.807) is 0 Å². The summed E-state index contributed by atoms with van der Waals surface area (Å²) < 4.78 is 5.91. The molecule has 12 heavy (non-hydrogen) atoms. The Balaban J connectivity index is 2.48. The molecule has 3 nitrogen and oxygen atoms in total. The van der Waals surface area contributed by atoms with Gasteiger partial charge in [-0.25, -0.2) is 0 Å². The second-order valence-corrected chi connectivity index (χ2v) is 4.77. The number of hydrogen-bond donors (Lipinski definition) is 1. The minimum Gasteiger partial charge on any atom is -0.365 e. The highest BCUT2D eigenvalue weighted by Crippen LogP contribution is 2.27. The van der Waals surface area contributed by atoms with Crippen molar-refractivity contribution < 1.29 is 4.74 Å². The van der Waals surface area contributed by atoms with Gasteiger partial charge in [0, 0.05) is 19.6 Å². The Labute approximate surface area is 74.9 Å². The molecular formula is C9H20N2O. The van der Waals surface area contributed by atoms with Crippen molar-refractivity contribution in [2.75, 3.05) is 26.7 Å². The van der Waals surface area contributed by atoms with E-state index in [4.69, 9.17) is 10.5 Å². The van der Waals surface area contributed by atoms with Crippen LogP contribution in [0.2, 0.25) is 0 Å². The average Bonchev–Trinajstić information content (AvgIpc) is 1.80. The van der Waals surface area contributed by atoms with Crippen LogP contribution in [0.25, 0.3) is 0 Å². The molecule has 0 unspecified atom stereocenters. The van der Waals surface area contributed by atoms with Gasteiger partial charge >= 0.3 is 0 Å². The molecule has 0 aromatic heterocycles. The molecule has 72 valence electrons. The molecule has 1 rings (SSSR count). The van der Waals surface area contributed by atoms with Crippen molar-refractivity contribution >= 4 is 0 Å². The summed E-state index contributed by atoms with van der Waals surface area (Å²) in [6, 6.07) is 0. The maximum atomic E-state index is 5.91. The molecule has 0 atom stereocenters. The van der Waals surface area contributed by atoms with Crippen LogP contribution >= 0.6 is 0 Å². The highest BCUT2D eigenvalue weighted by Gasteiger charge is 2.43. The SMILES string of the molecule is CN1CC(CN)(OC(C)(C)C)C1. The van der Waals surface area contributed by atoms with Crippen molar-refractivity contribution in [3.05, 3.63) is 0 Å². The molecule has 3 heteroatoms. The molecule has 0 saturated carbocycles. The third-order valence-electron chi connectivity index (χ3n) is 2.01. The van der Waals surface area contributed by atoms with E-state index in [-0.39, 0.29) is 11.2 Å². The Morgan fingerprint density at radius 2 is 1.92 bits per heavy atom. The summed E-state index contributed by atoms with van der Waals surface area (Å²) in [4.78, 5) is 2.22. The van der Waals surface area contributed by atoms with E-state index < -0.39 is 0 Å². The van der Waals surface area contributed by atoms with E-state index in [0.717, 1.165) is 13.1 Å². The van der Waals surface area contributed by atoms with Gasteiger partial charge < -0.3 is 15.4 Å². The summed E-state index contributed by atoms with van der Waals surface area (Å²) in [5, 5.41) is 0. The fraction of sp³-hybridized carbons (Fsp3) is 1.00. The van der Waals surface area contributed by atoms with Crippen molar-refractivity contribution in [1.29, 1.82) is 0 Å². The minimum atomic E-state index is -0.0827. The first kappa shape index (κ1) is 9.96. The number of rotatable bonds is 2. The van der Waals surface area contributed by atoms with E-state index in [1.165, 1.54) is 0 Å². The third-order valence-corrected chi connectivity index (χ3v) is 2.01. The summed E-state index contributed by atoms with van der Waals surface area (Å²) in [6.07, 6.45) is 0. The van der Waals surface area contributed by atoms with Crippen molar-refractivity contribution in [3.63, 3.8) is 0 Å². The number of nitrogens with zero attached hydrogens (tertiary/aromatic N) is 1. The van der Waals surface area contributed by atoms with Crippen molar-refractivity contribution in [3.8, 4) is 0 Å². The van der Waals surface area contributed by atoms with Gasteiger partial charge in [-0.3, -0.25) is 0 Å². The second kappa shape index (κ2) is 2.98. The van der Waals surface area contributed by atoms with Gasteiger partial charge in [0.2, 0.25) is 0 Å². The molecule has 0 spiro atoms. The number of likely N-dealkylation sites (tertiary alicyclic amines) is 1. The summed E-state index contributed by atoms with van der Waals surface area (Å²) >= 11 is 0. The number of nitrogens with two attached hydrogens (primary N) is 1. The highest BCUT2D eigenvalue weighted by atomic mass is 16.5. The molecule has 1 aliphatic heterocycles. The van der Waals surface area contributed by atoms with E-state index in [0.29, 0.717) is 6.54 Å². The number of likely N-dealkylation sites (N-methyl/N-ethyl adjacent to an activating group) is 1. The first-order valence-electron chi connectivity index (χ1n) is 4.46. The maximum Gasteiger partial charge on any atom is 0.106 e. The molecule has 2 N–H and O–H groups in total. The standard InChI is InChI=1S/C9H20N2O/c1-8(2,3)12-9(5-10)6-11(4)7-9/h5-7,10H2,1-4H3. The Kier molecular flexibility index (Phi) is 2.47.